The molecule has 1 aliphatic heterocycles. The number of amides is 2. The van der Waals surface area contributed by atoms with Gasteiger partial charge in [0, 0.05) is 12.8 Å². The molecule has 1 aromatic carbocycles. The van der Waals surface area contributed by atoms with E-state index in [4.69, 9.17) is 0 Å². The molecule has 0 bridgehead atoms. The van der Waals surface area contributed by atoms with Gasteiger partial charge >= 0.3 is 6.09 Å². The molecule has 2 aromatic rings. The Morgan fingerprint density at radius 3 is 2.50 bits per heavy atom. The van der Waals surface area contributed by atoms with Crippen LogP contribution in [0.5, 0.6) is 0 Å². The van der Waals surface area contributed by atoms with Crippen molar-refractivity contribution in [1.29, 1.82) is 0 Å². The number of hydrogen-bond acceptors (Lipinski definition) is 6. The normalized spacial score (nSPS) is 16.3. The topological polar surface area (TPSA) is 117 Å². The molecule has 0 spiro atoms. The van der Waals surface area contributed by atoms with Gasteiger partial charge in [-0.05, 0) is 23.6 Å². The van der Waals surface area contributed by atoms with Crippen molar-refractivity contribution in [2.24, 2.45) is 5.92 Å². The largest absolute Gasteiger partial charge is 0.465 e. The van der Waals surface area contributed by atoms with E-state index >= 15 is 0 Å². The van der Waals surface area contributed by atoms with E-state index in [0.29, 0.717) is 10.7 Å². The van der Waals surface area contributed by atoms with Gasteiger partial charge in [-0.2, -0.15) is 0 Å². The van der Waals surface area contributed by atoms with Crippen LogP contribution in [0.25, 0.3) is 0 Å². The summed E-state index contributed by atoms with van der Waals surface area (Å²) < 4.78 is 23.0. The first-order valence-electron chi connectivity index (χ1n) is 8.64. The molecule has 10 heteroatoms. The summed E-state index contributed by atoms with van der Waals surface area (Å²) in [6.45, 7) is 4.33. The van der Waals surface area contributed by atoms with Gasteiger partial charge in [0.2, 0.25) is 0 Å². The van der Waals surface area contributed by atoms with Crippen LogP contribution in [-0.4, -0.2) is 41.7 Å². The SMILES string of the molecule is CC(C)[C@H]1c2nc(C(=O)NCc3ccc(S(C)(=O)=O)cc3)sc2CN1C(=O)O. The van der Waals surface area contributed by atoms with Crippen LogP contribution >= 0.6 is 11.3 Å². The van der Waals surface area contributed by atoms with E-state index in [1.807, 2.05) is 13.8 Å². The standard InChI is InChI=1S/C18H21N3O5S2/c1-10(2)15-14-13(9-21(15)18(23)24)27-17(20-14)16(22)19-8-11-4-6-12(7-5-11)28(3,25)26/h4-7,10,15H,8-9H2,1-3H3,(H,19,22)(H,23,24)/t15-/m0/s1. The average molecular weight is 424 g/mol. The van der Waals surface area contributed by atoms with Crippen LogP contribution < -0.4 is 5.32 Å². The third-order valence-electron chi connectivity index (χ3n) is 4.53. The molecule has 150 valence electrons. The van der Waals surface area contributed by atoms with E-state index in [0.717, 1.165) is 16.7 Å². The lowest BCUT2D eigenvalue weighted by Crippen LogP contribution is -2.31. The number of rotatable bonds is 5. The minimum absolute atomic E-state index is 0.0451. The second-order valence-electron chi connectivity index (χ2n) is 7.03. The maximum Gasteiger partial charge on any atom is 0.408 e. The maximum absolute atomic E-state index is 12.5. The molecule has 0 aliphatic carbocycles. The molecule has 1 aliphatic rings. The highest BCUT2D eigenvalue weighted by Crippen LogP contribution is 2.40. The van der Waals surface area contributed by atoms with E-state index < -0.39 is 15.9 Å². The number of nitrogens with zero attached hydrogens (tertiary/aromatic N) is 2. The molecule has 2 heterocycles. The number of benzene rings is 1. The molecular weight excluding hydrogens is 402 g/mol. The van der Waals surface area contributed by atoms with Gasteiger partial charge in [-0.1, -0.05) is 26.0 Å². The zero-order valence-corrected chi connectivity index (χ0v) is 17.3. The summed E-state index contributed by atoms with van der Waals surface area (Å²) in [6.07, 6.45) is 0.147. The van der Waals surface area contributed by atoms with Gasteiger partial charge in [0.15, 0.2) is 14.8 Å². The molecule has 2 N–H and O–H groups in total. The first kappa shape index (κ1) is 20.3. The fraction of sp³-hybridized carbons (Fsp3) is 0.389. The Kier molecular flexibility index (Phi) is 5.44. The zero-order chi connectivity index (χ0) is 20.6. The number of carbonyl (C=O) groups is 2. The van der Waals surface area contributed by atoms with E-state index in [9.17, 15) is 23.1 Å². The highest BCUT2D eigenvalue weighted by molar-refractivity contribution is 7.90. The first-order chi connectivity index (χ1) is 13.1. The van der Waals surface area contributed by atoms with Crippen LogP contribution in [0.1, 0.15) is 45.8 Å². The lowest BCUT2D eigenvalue weighted by molar-refractivity contribution is 0.0949. The van der Waals surface area contributed by atoms with E-state index in [1.165, 1.54) is 28.4 Å². The predicted molar refractivity (Wildman–Crippen MR) is 104 cm³/mol. The quantitative estimate of drug-likeness (QED) is 0.764. The summed E-state index contributed by atoms with van der Waals surface area (Å²) >= 11 is 1.21. The number of nitrogens with one attached hydrogen (secondary N) is 1. The average Bonchev–Trinajstić information content (AvgIpc) is 3.16. The minimum Gasteiger partial charge on any atom is -0.465 e. The van der Waals surface area contributed by atoms with Crippen molar-refractivity contribution in [3.63, 3.8) is 0 Å². The monoisotopic (exact) mass is 423 g/mol. The Hall–Kier alpha value is -2.46. The third-order valence-corrected chi connectivity index (χ3v) is 6.72. The molecule has 2 amide bonds. The van der Waals surface area contributed by atoms with Crippen molar-refractivity contribution >= 4 is 33.2 Å². The number of fused-ring (bicyclic) bond motifs is 1. The van der Waals surface area contributed by atoms with Crippen molar-refractivity contribution in [3.05, 3.63) is 45.4 Å². The van der Waals surface area contributed by atoms with Gasteiger partial charge in [0.05, 0.1) is 28.1 Å². The Bertz CT molecular complexity index is 1010. The third kappa shape index (κ3) is 4.02. The molecule has 0 unspecified atom stereocenters. The van der Waals surface area contributed by atoms with Crippen molar-refractivity contribution in [2.45, 2.75) is 37.9 Å². The van der Waals surface area contributed by atoms with E-state index in [2.05, 4.69) is 10.3 Å². The second kappa shape index (κ2) is 7.51. The highest BCUT2D eigenvalue weighted by atomic mass is 32.2. The molecule has 0 saturated carbocycles. The molecule has 0 saturated heterocycles. The number of carboxylic acid groups (broad SMARTS) is 1. The van der Waals surface area contributed by atoms with Crippen molar-refractivity contribution < 1.29 is 23.1 Å². The van der Waals surface area contributed by atoms with Crippen LogP contribution in [0.3, 0.4) is 0 Å². The van der Waals surface area contributed by atoms with Gasteiger partial charge in [0.25, 0.3) is 5.91 Å². The number of sulfone groups is 1. The minimum atomic E-state index is -3.26. The van der Waals surface area contributed by atoms with E-state index in [-0.39, 0.29) is 35.9 Å². The summed E-state index contributed by atoms with van der Waals surface area (Å²) in [7, 11) is -3.26. The Morgan fingerprint density at radius 2 is 1.96 bits per heavy atom. The molecular formula is C18H21N3O5S2. The maximum atomic E-state index is 12.5. The van der Waals surface area contributed by atoms with Gasteiger partial charge in [-0.25, -0.2) is 18.2 Å². The number of thiazole rings is 1. The molecule has 1 atom stereocenters. The fourth-order valence-corrected chi connectivity index (χ4v) is 4.83. The van der Waals surface area contributed by atoms with Crippen LogP contribution in [-0.2, 0) is 22.9 Å². The smallest absolute Gasteiger partial charge is 0.408 e. The van der Waals surface area contributed by atoms with Crippen LogP contribution in [0.4, 0.5) is 4.79 Å². The molecule has 0 radical (unpaired) electrons. The van der Waals surface area contributed by atoms with E-state index in [1.54, 1.807) is 12.1 Å². The van der Waals surface area contributed by atoms with Gasteiger partial charge in [0.1, 0.15) is 0 Å². The Balaban J connectivity index is 1.69. The lowest BCUT2D eigenvalue weighted by Gasteiger charge is -2.24. The fourth-order valence-electron chi connectivity index (χ4n) is 3.18. The van der Waals surface area contributed by atoms with Crippen molar-refractivity contribution in [3.8, 4) is 0 Å². The summed E-state index contributed by atoms with van der Waals surface area (Å²) in [5, 5.41) is 12.4. The van der Waals surface area contributed by atoms with Crippen LogP contribution in [0.15, 0.2) is 29.2 Å². The van der Waals surface area contributed by atoms with Gasteiger partial charge < -0.3 is 10.4 Å². The lowest BCUT2D eigenvalue weighted by atomic mass is 10.0. The molecule has 1 aromatic heterocycles. The molecule has 3 rings (SSSR count). The number of hydrogen-bond donors (Lipinski definition) is 2. The summed E-state index contributed by atoms with van der Waals surface area (Å²) in [6, 6.07) is 5.95. The van der Waals surface area contributed by atoms with Gasteiger partial charge in [-0.15, -0.1) is 11.3 Å². The van der Waals surface area contributed by atoms with Crippen LogP contribution in [0.2, 0.25) is 0 Å². The summed E-state index contributed by atoms with van der Waals surface area (Å²) in [4.78, 5) is 30.7. The Labute approximate surface area is 167 Å². The zero-order valence-electron chi connectivity index (χ0n) is 15.7. The summed E-state index contributed by atoms with van der Waals surface area (Å²) in [5.74, 6) is -0.292. The molecule has 0 fully saturated rings. The van der Waals surface area contributed by atoms with Crippen molar-refractivity contribution in [1.82, 2.24) is 15.2 Å². The predicted octanol–water partition coefficient (Wildman–Crippen LogP) is 2.67. The molecule has 28 heavy (non-hydrogen) atoms. The van der Waals surface area contributed by atoms with Crippen LogP contribution in [0, 0.1) is 5.92 Å². The number of carbonyl (C=O) groups excluding carboxylic acids is 1. The van der Waals surface area contributed by atoms with Crippen molar-refractivity contribution in [2.75, 3.05) is 6.26 Å². The Morgan fingerprint density at radius 1 is 1.32 bits per heavy atom. The second-order valence-corrected chi connectivity index (χ2v) is 10.1. The molecule has 8 nitrogen and oxygen atoms in total. The number of aromatic nitrogens is 1. The first-order valence-corrected chi connectivity index (χ1v) is 11.3. The van der Waals surface area contributed by atoms with Gasteiger partial charge in [-0.3, -0.25) is 9.69 Å². The highest BCUT2D eigenvalue weighted by Gasteiger charge is 2.39. The summed E-state index contributed by atoms with van der Waals surface area (Å²) in [5.41, 5.74) is 1.42.